The fraction of sp³-hybridized carbons (Fsp3) is 0.323. The van der Waals surface area contributed by atoms with Crippen LogP contribution >= 0.6 is 11.3 Å². The van der Waals surface area contributed by atoms with E-state index in [0.29, 0.717) is 24.5 Å². The SMILES string of the molecule is Cc1sc2c(c1C)C(c1ccc(C(=O)OCc3ccccc3)cc1)=N[C@@H](CC(=O)OCCN(C)C)c1nnc(C)n1-2. The van der Waals surface area contributed by atoms with E-state index in [-0.39, 0.29) is 19.0 Å². The second kappa shape index (κ2) is 12.2. The smallest absolute Gasteiger partial charge is 0.338 e. The zero-order valence-electron chi connectivity index (χ0n) is 23.9. The molecular formula is C31H33N5O4S. The number of thiophene rings is 1. The molecule has 0 radical (unpaired) electrons. The third kappa shape index (κ3) is 6.13. The summed E-state index contributed by atoms with van der Waals surface area (Å²) in [6, 6.07) is 16.2. The summed E-state index contributed by atoms with van der Waals surface area (Å²) in [6.07, 6.45) is 0.0337. The van der Waals surface area contributed by atoms with Gasteiger partial charge in [-0.2, -0.15) is 0 Å². The number of aromatic nitrogens is 3. The van der Waals surface area contributed by atoms with Crippen LogP contribution in [0.1, 0.15) is 61.6 Å². The van der Waals surface area contributed by atoms with E-state index >= 15 is 0 Å². The second-order valence-corrected chi connectivity index (χ2v) is 11.5. The molecule has 0 saturated heterocycles. The Labute approximate surface area is 243 Å². The van der Waals surface area contributed by atoms with Crippen molar-refractivity contribution in [3.05, 3.63) is 98.9 Å². The molecule has 2 aromatic heterocycles. The molecule has 4 aromatic rings. The topological polar surface area (TPSA) is 98.9 Å². The van der Waals surface area contributed by atoms with E-state index in [1.165, 1.54) is 0 Å². The van der Waals surface area contributed by atoms with Crippen LogP contribution in [-0.2, 0) is 20.9 Å². The first-order valence-electron chi connectivity index (χ1n) is 13.4. The maximum atomic E-state index is 12.9. The van der Waals surface area contributed by atoms with Gasteiger partial charge in [0, 0.05) is 22.5 Å². The van der Waals surface area contributed by atoms with Crippen molar-refractivity contribution in [2.75, 3.05) is 27.2 Å². The van der Waals surface area contributed by atoms with Crippen molar-refractivity contribution in [1.29, 1.82) is 0 Å². The Morgan fingerprint density at radius 1 is 0.976 bits per heavy atom. The highest BCUT2D eigenvalue weighted by atomic mass is 32.1. The Hall–Kier alpha value is -4.15. The molecule has 1 atom stereocenters. The molecule has 2 aromatic carbocycles. The van der Waals surface area contributed by atoms with E-state index in [1.807, 2.05) is 73.0 Å². The van der Waals surface area contributed by atoms with Crippen LogP contribution in [0.5, 0.6) is 0 Å². The van der Waals surface area contributed by atoms with Crippen LogP contribution in [0.2, 0.25) is 0 Å². The first-order chi connectivity index (χ1) is 19.7. The number of aliphatic imine (C=N–C) groups is 1. The van der Waals surface area contributed by atoms with Crippen molar-refractivity contribution in [1.82, 2.24) is 19.7 Å². The van der Waals surface area contributed by atoms with Crippen LogP contribution in [0.15, 0.2) is 59.6 Å². The predicted molar refractivity (Wildman–Crippen MR) is 158 cm³/mol. The first kappa shape index (κ1) is 28.4. The van der Waals surface area contributed by atoms with Crippen molar-refractivity contribution in [2.45, 2.75) is 39.8 Å². The van der Waals surface area contributed by atoms with Crippen molar-refractivity contribution < 1.29 is 19.1 Å². The molecule has 0 amide bonds. The fourth-order valence-corrected chi connectivity index (χ4v) is 5.87. The Balaban J connectivity index is 1.47. The first-order valence-corrected chi connectivity index (χ1v) is 14.3. The normalized spacial score (nSPS) is 14.2. The van der Waals surface area contributed by atoms with Crippen LogP contribution in [0.3, 0.4) is 0 Å². The van der Waals surface area contributed by atoms with E-state index in [4.69, 9.17) is 14.5 Å². The zero-order valence-corrected chi connectivity index (χ0v) is 24.7. The van der Waals surface area contributed by atoms with Gasteiger partial charge in [0.25, 0.3) is 0 Å². The molecule has 0 saturated carbocycles. The molecule has 1 aliphatic heterocycles. The number of hydrogen-bond acceptors (Lipinski definition) is 9. The third-order valence-corrected chi connectivity index (χ3v) is 8.20. The van der Waals surface area contributed by atoms with Gasteiger partial charge in [0.05, 0.1) is 17.7 Å². The monoisotopic (exact) mass is 571 g/mol. The number of benzene rings is 2. The van der Waals surface area contributed by atoms with Crippen LogP contribution < -0.4 is 0 Å². The molecule has 5 rings (SSSR count). The third-order valence-electron chi connectivity index (χ3n) is 7.01. The van der Waals surface area contributed by atoms with Crippen molar-refractivity contribution >= 4 is 29.0 Å². The average molecular weight is 572 g/mol. The average Bonchev–Trinajstić information content (AvgIpc) is 3.44. The Bertz CT molecular complexity index is 1590. The maximum Gasteiger partial charge on any atom is 0.338 e. The lowest BCUT2D eigenvalue weighted by Gasteiger charge is -2.14. The summed E-state index contributed by atoms with van der Waals surface area (Å²) in [4.78, 5) is 33.8. The van der Waals surface area contributed by atoms with E-state index in [2.05, 4.69) is 24.0 Å². The molecule has 0 unspecified atom stereocenters. The van der Waals surface area contributed by atoms with Crippen molar-refractivity contribution in [2.24, 2.45) is 4.99 Å². The number of hydrogen-bond donors (Lipinski definition) is 0. The molecule has 0 N–H and O–H groups in total. The van der Waals surface area contributed by atoms with Gasteiger partial charge >= 0.3 is 11.9 Å². The number of nitrogens with zero attached hydrogens (tertiary/aromatic N) is 5. The van der Waals surface area contributed by atoms with E-state index in [0.717, 1.165) is 43.7 Å². The molecule has 9 nitrogen and oxygen atoms in total. The van der Waals surface area contributed by atoms with Gasteiger partial charge in [-0.25, -0.2) is 4.79 Å². The highest BCUT2D eigenvalue weighted by Crippen LogP contribution is 2.39. The molecule has 10 heteroatoms. The minimum Gasteiger partial charge on any atom is -0.464 e. The van der Waals surface area contributed by atoms with Crippen LogP contribution in [0, 0.1) is 20.8 Å². The molecule has 1 aliphatic rings. The highest BCUT2D eigenvalue weighted by Gasteiger charge is 2.32. The standard InChI is InChI=1S/C31H33N5O4S/c1-19-20(2)41-30-27(19)28(23-11-13-24(14-12-23)31(38)40-18-22-9-7-6-8-10-22)32-25(29-34-33-21(3)36(29)30)17-26(37)39-16-15-35(4)5/h6-14,25H,15-18H2,1-5H3/t25-/m0/s1. The molecule has 0 bridgehead atoms. The van der Waals surface area contributed by atoms with E-state index in [9.17, 15) is 9.59 Å². The van der Waals surface area contributed by atoms with E-state index in [1.54, 1.807) is 23.5 Å². The quantitative estimate of drug-likeness (QED) is 0.261. The largest absolute Gasteiger partial charge is 0.464 e. The lowest BCUT2D eigenvalue weighted by Crippen LogP contribution is -2.21. The lowest BCUT2D eigenvalue weighted by atomic mass is 9.98. The van der Waals surface area contributed by atoms with Gasteiger partial charge < -0.3 is 14.4 Å². The minimum atomic E-state index is -0.590. The highest BCUT2D eigenvalue weighted by molar-refractivity contribution is 7.15. The summed E-state index contributed by atoms with van der Waals surface area (Å²) in [5.41, 5.74) is 5.01. The zero-order chi connectivity index (χ0) is 29.1. The predicted octanol–water partition coefficient (Wildman–Crippen LogP) is 5.00. The molecular weight excluding hydrogens is 538 g/mol. The lowest BCUT2D eigenvalue weighted by molar-refractivity contribution is -0.144. The Kier molecular flexibility index (Phi) is 8.41. The van der Waals surface area contributed by atoms with Crippen molar-refractivity contribution in [3.8, 4) is 5.00 Å². The summed E-state index contributed by atoms with van der Waals surface area (Å²) < 4.78 is 13.0. The number of ether oxygens (including phenoxy) is 2. The molecule has 3 heterocycles. The number of carbonyl (C=O) groups is 2. The number of likely N-dealkylation sites (N-methyl/N-ethyl adjacent to an activating group) is 1. The van der Waals surface area contributed by atoms with Gasteiger partial charge in [0.2, 0.25) is 0 Å². The van der Waals surface area contributed by atoms with Gasteiger partial charge in [-0.15, -0.1) is 21.5 Å². The Morgan fingerprint density at radius 2 is 1.71 bits per heavy atom. The fourth-order valence-electron chi connectivity index (χ4n) is 4.65. The van der Waals surface area contributed by atoms with Crippen LogP contribution in [-0.4, -0.2) is 64.6 Å². The summed E-state index contributed by atoms with van der Waals surface area (Å²) in [7, 11) is 3.86. The van der Waals surface area contributed by atoms with Crippen LogP contribution in [0.25, 0.3) is 5.00 Å². The van der Waals surface area contributed by atoms with Gasteiger partial charge in [-0.1, -0.05) is 42.5 Å². The van der Waals surface area contributed by atoms with Gasteiger partial charge in [0.1, 0.15) is 30.1 Å². The summed E-state index contributed by atoms with van der Waals surface area (Å²) >= 11 is 1.65. The molecule has 0 aliphatic carbocycles. The molecule has 0 spiro atoms. The summed E-state index contributed by atoms with van der Waals surface area (Å²) in [6.45, 7) is 7.19. The Morgan fingerprint density at radius 3 is 2.41 bits per heavy atom. The number of fused-ring (bicyclic) bond motifs is 3. The molecule has 41 heavy (non-hydrogen) atoms. The minimum absolute atomic E-state index is 0.0337. The van der Waals surface area contributed by atoms with E-state index < -0.39 is 12.0 Å². The molecule has 0 fully saturated rings. The maximum absolute atomic E-state index is 12.9. The number of rotatable bonds is 9. The number of aryl methyl sites for hydroxylation is 2. The van der Waals surface area contributed by atoms with Crippen molar-refractivity contribution in [3.63, 3.8) is 0 Å². The van der Waals surface area contributed by atoms with Gasteiger partial charge in [0.15, 0.2) is 5.82 Å². The van der Waals surface area contributed by atoms with Gasteiger partial charge in [-0.3, -0.25) is 14.4 Å². The summed E-state index contributed by atoms with van der Waals surface area (Å²) in [5, 5.41) is 9.74. The van der Waals surface area contributed by atoms with Gasteiger partial charge in [-0.05, 0) is 58.1 Å². The number of esters is 2. The summed E-state index contributed by atoms with van der Waals surface area (Å²) in [5.74, 6) is 0.584. The van der Waals surface area contributed by atoms with Crippen LogP contribution in [0.4, 0.5) is 0 Å². The number of carbonyl (C=O) groups excluding carboxylic acids is 2. The molecule has 212 valence electrons. The second-order valence-electron chi connectivity index (χ2n) is 10.3.